The molecular weight excluding hydrogens is 421 g/mol. The van der Waals surface area contributed by atoms with Gasteiger partial charge in [-0.15, -0.1) is 0 Å². The van der Waals surface area contributed by atoms with E-state index < -0.39 is 49.8 Å². The predicted molar refractivity (Wildman–Crippen MR) is 90.2 cm³/mol. The number of carbonyl (C=O) groups excluding carboxylic acids is 1. The molecule has 29 heavy (non-hydrogen) atoms. The average molecular weight is 435 g/mol. The zero-order chi connectivity index (χ0) is 21.3. The molecule has 11 heteroatoms. The monoisotopic (exact) mass is 435 g/mol. The first-order chi connectivity index (χ1) is 13.6. The lowest BCUT2D eigenvalue weighted by Gasteiger charge is -2.26. The zero-order valence-corrected chi connectivity index (χ0v) is 15.5. The van der Waals surface area contributed by atoms with Crippen molar-refractivity contribution >= 4 is 16.0 Å². The van der Waals surface area contributed by atoms with E-state index in [1.54, 1.807) is 4.90 Å². The Balaban J connectivity index is 1.86. The van der Waals surface area contributed by atoms with Gasteiger partial charge in [-0.05, 0) is 43.5 Å². The van der Waals surface area contributed by atoms with Crippen LogP contribution in [0.1, 0.15) is 29.6 Å². The molecule has 1 saturated heterocycles. The maximum atomic E-state index is 13.7. The molecule has 0 bridgehead atoms. The fraction of sp³-hybridized carbons (Fsp3) is 0.278. The number of halogens is 5. The second kappa shape index (κ2) is 7.97. The molecule has 0 aromatic heterocycles. The van der Waals surface area contributed by atoms with E-state index in [1.807, 2.05) is 0 Å². The van der Waals surface area contributed by atoms with Crippen molar-refractivity contribution < 1.29 is 39.3 Å². The molecule has 1 fully saturated rings. The first-order valence-electron chi connectivity index (χ1n) is 8.48. The Hall–Kier alpha value is -2.69. The molecule has 2 aromatic carbocycles. The van der Waals surface area contributed by atoms with Gasteiger partial charge in [0.15, 0.2) is 0 Å². The van der Waals surface area contributed by atoms with E-state index in [0.717, 1.165) is 31.4 Å². The van der Waals surface area contributed by atoms with Gasteiger partial charge in [0, 0.05) is 18.7 Å². The van der Waals surface area contributed by atoms with E-state index >= 15 is 0 Å². The molecule has 3 rings (SSSR count). The van der Waals surface area contributed by atoms with Crippen molar-refractivity contribution in [1.29, 1.82) is 0 Å². The van der Waals surface area contributed by atoms with Gasteiger partial charge in [-0.1, -0.05) is 0 Å². The summed E-state index contributed by atoms with van der Waals surface area (Å²) in [4.78, 5) is 13.4. The molecule has 1 heterocycles. The average Bonchev–Trinajstić information content (AvgIpc) is 2.74. The van der Waals surface area contributed by atoms with Gasteiger partial charge in [-0.3, -0.25) is 4.79 Å². The Bertz CT molecular complexity index is 1020. The van der Waals surface area contributed by atoms with Crippen LogP contribution in [0.2, 0.25) is 0 Å². The molecule has 0 radical (unpaired) electrons. The molecule has 1 amide bonds. The van der Waals surface area contributed by atoms with E-state index in [2.05, 4.69) is 4.18 Å². The van der Waals surface area contributed by atoms with Crippen LogP contribution in [-0.2, 0) is 10.1 Å². The minimum Gasteiger partial charge on any atom is -0.372 e. The fourth-order valence-corrected chi connectivity index (χ4v) is 3.79. The minimum atomic E-state index is -4.93. The van der Waals surface area contributed by atoms with Gasteiger partial charge in [0.2, 0.25) is 34.8 Å². The second-order valence-corrected chi connectivity index (χ2v) is 7.86. The normalized spacial score (nSPS) is 14.7. The SMILES string of the molecule is O=C(c1ccc(S(=O)(=O)Oc2c(F)c(F)c(F)c(F)c2F)cc1)N1CCCCC1. The summed E-state index contributed by atoms with van der Waals surface area (Å²) in [5, 5.41) is 0. The summed E-state index contributed by atoms with van der Waals surface area (Å²) in [6, 6.07) is 4.23. The summed E-state index contributed by atoms with van der Waals surface area (Å²) in [6.07, 6.45) is 2.72. The Kier molecular flexibility index (Phi) is 5.78. The Labute approximate surface area is 162 Å². The molecular formula is C18H14F5NO4S. The summed E-state index contributed by atoms with van der Waals surface area (Å²) in [6.45, 7) is 1.14. The van der Waals surface area contributed by atoms with Crippen molar-refractivity contribution in [3.63, 3.8) is 0 Å². The van der Waals surface area contributed by atoms with Crippen molar-refractivity contribution in [3.8, 4) is 5.75 Å². The highest BCUT2D eigenvalue weighted by Gasteiger charge is 2.31. The molecule has 0 aliphatic carbocycles. The van der Waals surface area contributed by atoms with Crippen LogP contribution in [0.15, 0.2) is 29.2 Å². The van der Waals surface area contributed by atoms with Crippen LogP contribution in [0.5, 0.6) is 5.75 Å². The summed E-state index contributed by atoms with van der Waals surface area (Å²) >= 11 is 0. The standard InChI is InChI=1S/C18H14F5NO4S/c19-12-13(20)15(22)17(16(23)14(12)21)28-29(26,27)11-6-4-10(5-7-11)18(25)24-8-2-1-3-9-24/h4-7H,1-3,8-9H2. The number of rotatable bonds is 4. The molecule has 5 nitrogen and oxygen atoms in total. The van der Waals surface area contributed by atoms with Gasteiger partial charge in [-0.25, -0.2) is 13.2 Å². The largest absolute Gasteiger partial charge is 0.372 e. The first-order valence-corrected chi connectivity index (χ1v) is 9.89. The third kappa shape index (κ3) is 4.04. The van der Waals surface area contributed by atoms with Gasteiger partial charge >= 0.3 is 10.1 Å². The van der Waals surface area contributed by atoms with Crippen molar-refractivity contribution in [3.05, 3.63) is 58.9 Å². The lowest BCUT2D eigenvalue weighted by Crippen LogP contribution is -2.35. The molecule has 1 aliphatic heterocycles. The van der Waals surface area contributed by atoms with Crippen LogP contribution in [-0.4, -0.2) is 32.3 Å². The Morgan fingerprint density at radius 2 is 1.28 bits per heavy atom. The van der Waals surface area contributed by atoms with Gasteiger partial charge in [0.1, 0.15) is 4.90 Å². The molecule has 0 saturated carbocycles. The van der Waals surface area contributed by atoms with Crippen molar-refractivity contribution in [1.82, 2.24) is 4.90 Å². The number of benzene rings is 2. The molecule has 2 aromatic rings. The topological polar surface area (TPSA) is 63.7 Å². The van der Waals surface area contributed by atoms with E-state index in [9.17, 15) is 35.2 Å². The molecule has 0 spiro atoms. The third-order valence-electron chi connectivity index (χ3n) is 4.40. The number of hydrogen-bond donors (Lipinski definition) is 0. The van der Waals surface area contributed by atoms with Crippen molar-refractivity contribution in [2.75, 3.05) is 13.1 Å². The number of carbonyl (C=O) groups is 1. The second-order valence-electron chi connectivity index (χ2n) is 6.31. The number of likely N-dealkylation sites (tertiary alicyclic amines) is 1. The Morgan fingerprint density at radius 1 is 0.793 bits per heavy atom. The van der Waals surface area contributed by atoms with Crippen LogP contribution in [0.4, 0.5) is 22.0 Å². The number of hydrogen-bond acceptors (Lipinski definition) is 4. The van der Waals surface area contributed by atoms with Gasteiger partial charge < -0.3 is 9.08 Å². The third-order valence-corrected chi connectivity index (χ3v) is 5.63. The molecule has 1 aliphatic rings. The van der Waals surface area contributed by atoms with Crippen LogP contribution >= 0.6 is 0 Å². The number of nitrogens with zero attached hydrogens (tertiary/aromatic N) is 1. The summed E-state index contributed by atoms with van der Waals surface area (Å²) in [7, 11) is -4.93. The molecule has 156 valence electrons. The van der Waals surface area contributed by atoms with Crippen LogP contribution < -0.4 is 4.18 Å². The molecule has 0 N–H and O–H groups in total. The highest BCUT2D eigenvalue weighted by atomic mass is 32.2. The highest BCUT2D eigenvalue weighted by Crippen LogP contribution is 2.31. The van der Waals surface area contributed by atoms with Gasteiger partial charge in [0.05, 0.1) is 0 Å². The number of piperidine rings is 1. The van der Waals surface area contributed by atoms with E-state index in [0.29, 0.717) is 13.1 Å². The first kappa shape index (κ1) is 21.0. The quantitative estimate of drug-likeness (QED) is 0.318. The summed E-state index contributed by atoms with van der Waals surface area (Å²) in [5.41, 5.74) is 0.182. The Morgan fingerprint density at radius 3 is 1.79 bits per heavy atom. The lowest BCUT2D eigenvalue weighted by atomic mass is 10.1. The molecule has 0 unspecified atom stereocenters. The van der Waals surface area contributed by atoms with Crippen LogP contribution in [0, 0.1) is 29.1 Å². The van der Waals surface area contributed by atoms with Crippen molar-refractivity contribution in [2.24, 2.45) is 0 Å². The minimum absolute atomic E-state index is 0.182. The maximum Gasteiger partial charge on any atom is 0.339 e. The van der Waals surface area contributed by atoms with Crippen LogP contribution in [0.25, 0.3) is 0 Å². The van der Waals surface area contributed by atoms with Gasteiger partial charge in [0.25, 0.3) is 5.91 Å². The predicted octanol–water partition coefficient (Wildman–Crippen LogP) is 3.78. The summed E-state index contributed by atoms with van der Waals surface area (Å²) < 4.78 is 95.4. The van der Waals surface area contributed by atoms with Crippen molar-refractivity contribution in [2.45, 2.75) is 24.2 Å². The van der Waals surface area contributed by atoms with Gasteiger partial charge in [-0.2, -0.15) is 17.2 Å². The fourth-order valence-electron chi connectivity index (χ4n) is 2.86. The van der Waals surface area contributed by atoms with E-state index in [4.69, 9.17) is 0 Å². The smallest absolute Gasteiger partial charge is 0.339 e. The van der Waals surface area contributed by atoms with Crippen LogP contribution in [0.3, 0.4) is 0 Å². The van der Waals surface area contributed by atoms with E-state index in [1.165, 1.54) is 12.1 Å². The molecule has 0 atom stereocenters. The lowest BCUT2D eigenvalue weighted by molar-refractivity contribution is 0.0724. The number of amides is 1. The zero-order valence-electron chi connectivity index (χ0n) is 14.7. The maximum absolute atomic E-state index is 13.7. The summed E-state index contributed by atoms with van der Waals surface area (Å²) in [5.74, 6) is -14.2. The highest BCUT2D eigenvalue weighted by molar-refractivity contribution is 7.87. The van der Waals surface area contributed by atoms with E-state index in [-0.39, 0.29) is 11.5 Å².